The molecule has 1 aromatic carbocycles. The lowest BCUT2D eigenvalue weighted by atomic mass is 10.1. The van der Waals surface area contributed by atoms with Crippen LogP contribution in [0.5, 0.6) is 0 Å². The molecule has 11 heteroatoms. The van der Waals surface area contributed by atoms with E-state index < -0.39 is 10.1 Å². The fourth-order valence-corrected chi connectivity index (χ4v) is 1.76. The zero-order valence-electron chi connectivity index (χ0n) is 11.6. The number of benzene rings is 1. The highest BCUT2D eigenvalue weighted by molar-refractivity contribution is 7.85. The lowest BCUT2D eigenvalue weighted by Crippen LogP contribution is -2.24. The van der Waals surface area contributed by atoms with Gasteiger partial charge in [0.15, 0.2) is 5.82 Å². The first-order valence-corrected chi connectivity index (χ1v) is 8.23. The van der Waals surface area contributed by atoms with Gasteiger partial charge in [-0.1, -0.05) is 35.3 Å². The van der Waals surface area contributed by atoms with Gasteiger partial charge in [0.2, 0.25) is 5.62 Å². The molecule has 0 unspecified atom stereocenters. The van der Waals surface area contributed by atoms with Crippen LogP contribution in [0.3, 0.4) is 0 Å². The second-order valence-electron chi connectivity index (χ2n) is 4.13. The monoisotopic (exact) mass is 365 g/mol. The third-order valence-electron chi connectivity index (χ3n) is 2.23. The Bertz CT molecular complexity index is 843. The van der Waals surface area contributed by atoms with Gasteiger partial charge in [-0.25, -0.2) is 4.68 Å². The molecule has 8 nitrogen and oxygen atoms in total. The van der Waals surface area contributed by atoms with E-state index >= 15 is 0 Å². The Hall–Kier alpha value is -1.68. The van der Waals surface area contributed by atoms with Crippen molar-refractivity contribution in [2.45, 2.75) is 0 Å². The first-order valence-electron chi connectivity index (χ1n) is 5.63. The van der Waals surface area contributed by atoms with Crippen molar-refractivity contribution in [1.29, 1.82) is 5.41 Å². The number of halogens is 2. The Labute approximate surface area is 136 Å². The SMILES string of the molecule is CS(=O)(=O)O.Cn1nc(-c2cccc(Cl)c2Cl)c(N)nc1=N. The number of nitrogens with one attached hydrogen (secondary N) is 1. The van der Waals surface area contributed by atoms with Crippen LogP contribution < -0.4 is 11.4 Å². The molecule has 0 bridgehead atoms. The molecule has 1 heterocycles. The molecule has 0 aliphatic carbocycles. The smallest absolute Gasteiger partial charge is 0.261 e. The minimum atomic E-state index is -3.67. The van der Waals surface area contributed by atoms with Crippen molar-refractivity contribution in [3.63, 3.8) is 0 Å². The number of aromatic nitrogens is 3. The van der Waals surface area contributed by atoms with Gasteiger partial charge in [-0.05, 0) is 6.07 Å². The van der Waals surface area contributed by atoms with E-state index in [0.29, 0.717) is 27.6 Å². The Balaban J connectivity index is 0.000000422. The summed E-state index contributed by atoms with van der Waals surface area (Å²) >= 11 is 12.0. The van der Waals surface area contributed by atoms with E-state index in [1.54, 1.807) is 25.2 Å². The molecule has 2 rings (SSSR count). The van der Waals surface area contributed by atoms with Crippen LogP contribution in [-0.2, 0) is 17.2 Å². The fourth-order valence-electron chi connectivity index (χ4n) is 1.37. The van der Waals surface area contributed by atoms with E-state index in [9.17, 15) is 8.42 Å². The van der Waals surface area contributed by atoms with Crippen molar-refractivity contribution in [2.24, 2.45) is 7.05 Å². The van der Waals surface area contributed by atoms with Crippen LogP contribution in [0.1, 0.15) is 0 Å². The quantitative estimate of drug-likeness (QED) is 0.652. The Kier molecular flexibility index (Phi) is 5.89. The summed E-state index contributed by atoms with van der Waals surface area (Å²) < 4.78 is 27.2. The first kappa shape index (κ1) is 18.4. The van der Waals surface area contributed by atoms with Crippen molar-refractivity contribution in [1.82, 2.24) is 14.8 Å². The summed E-state index contributed by atoms with van der Waals surface area (Å²) in [5, 5.41) is 12.4. The maximum absolute atomic E-state index is 9.19. The summed E-state index contributed by atoms with van der Waals surface area (Å²) in [7, 11) is -2.06. The number of nitrogens with zero attached hydrogens (tertiary/aromatic N) is 3. The molecule has 120 valence electrons. The van der Waals surface area contributed by atoms with Crippen molar-refractivity contribution < 1.29 is 13.0 Å². The molecular formula is C11H13Cl2N5O3S. The highest BCUT2D eigenvalue weighted by Crippen LogP contribution is 2.33. The van der Waals surface area contributed by atoms with Crippen LogP contribution in [0.15, 0.2) is 18.2 Å². The van der Waals surface area contributed by atoms with E-state index in [1.807, 2.05) is 0 Å². The normalized spacial score (nSPS) is 10.8. The number of hydrogen-bond donors (Lipinski definition) is 3. The van der Waals surface area contributed by atoms with Gasteiger partial charge >= 0.3 is 0 Å². The first-order chi connectivity index (χ1) is 10.0. The molecule has 22 heavy (non-hydrogen) atoms. The molecule has 0 aliphatic heterocycles. The maximum atomic E-state index is 9.19. The summed E-state index contributed by atoms with van der Waals surface area (Å²) in [4.78, 5) is 3.86. The molecule has 4 N–H and O–H groups in total. The summed E-state index contributed by atoms with van der Waals surface area (Å²) in [5.41, 5.74) is 6.72. The standard InChI is InChI=1S/C10H9Cl2N5.CH4O3S/c1-17-10(14)15-9(13)8(16-17)5-3-2-4-6(11)7(5)12;1-5(2,3)4/h2-4H,1H3,(H3,13,14,15);1H3,(H,2,3,4). The second kappa shape index (κ2) is 7.05. The summed E-state index contributed by atoms with van der Waals surface area (Å²) in [6.07, 6.45) is 0.715. The molecule has 0 fully saturated rings. The summed E-state index contributed by atoms with van der Waals surface area (Å²) in [6, 6.07) is 5.17. The van der Waals surface area contributed by atoms with Gasteiger partial charge in [0.25, 0.3) is 10.1 Å². The average Bonchev–Trinajstić information content (AvgIpc) is 2.36. The minimum absolute atomic E-state index is 0.0237. The molecular weight excluding hydrogens is 353 g/mol. The highest BCUT2D eigenvalue weighted by atomic mass is 35.5. The predicted octanol–water partition coefficient (Wildman–Crippen LogP) is 1.35. The molecule has 0 saturated heterocycles. The molecule has 0 spiro atoms. The van der Waals surface area contributed by atoms with Gasteiger partial charge in [0.05, 0.1) is 16.3 Å². The fraction of sp³-hybridized carbons (Fsp3) is 0.182. The van der Waals surface area contributed by atoms with Crippen molar-refractivity contribution in [3.8, 4) is 11.3 Å². The van der Waals surface area contributed by atoms with Crippen LogP contribution in [0.4, 0.5) is 5.82 Å². The van der Waals surface area contributed by atoms with E-state index in [0.717, 1.165) is 0 Å². The molecule has 0 saturated carbocycles. The van der Waals surface area contributed by atoms with E-state index in [1.165, 1.54) is 4.68 Å². The molecule has 0 aliphatic rings. The number of hydrogen-bond acceptors (Lipinski definition) is 6. The second-order valence-corrected chi connectivity index (χ2v) is 6.38. The average molecular weight is 366 g/mol. The largest absolute Gasteiger partial charge is 0.382 e. The van der Waals surface area contributed by atoms with Gasteiger partial charge in [0.1, 0.15) is 5.69 Å². The number of nitrogens with two attached hydrogens (primary N) is 1. The van der Waals surface area contributed by atoms with Crippen molar-refractivity contribution >= 4 is 39.1 Å². The van der Waals surface area contributed by atoms with E-state index in [2.05, 4.69) is 10.1 Å². The Morgan fingerprint density at radius 1 is 1.36 bits per heavy atom. The van der Waals surface area contributed by atoms with Crippen LogP contribution >= 0.6 is 23.2 Å². The number of rotatable bonds is 1. The molecule has 0 radical (unpaired) electrons. The maximum Gasteiger partial charge on any atom is 0.261 e. The zero-order chi connectivity index (χ0) is 17.1. The summed E-state index contributed by atoms with van der Waals surface area (Å²) in [6.45, 7) is 0. The Morgan fingerprint density at radius 2 is 1.91 bits per heavy atom. The summed E-state index contributed by atoms with van der Waals surface area (Å²) in [5.74, 6) is 0.150. The van der Waals surface area contributed by atoms with Gasteiger partial charge in [-0.3, -0.25) is 9.96 Å². The zero-order valence-corrected chi connectivity index (χ0v) is 13.9. The predicted molar refractivity (Wildman–Crippen MR) is 84.2 cm³/mol. The van der Waals surface area contributed by atoms with Gasteiger partial charge in [0, 0.05) is 12.6 Å². The molecule has 1 aromatic heterocycles. The van der Waals surface area contributed by atoms with Crippen molar-refractivity contribution in [3.05, 3.63) is 33.9 Å². The van der Waals surface area contributed by atoms with E-state index in [4.69, 9.17) is 38.9 Å². The van der Waals surface area contributed by atoms with Crippen LogP contribution in [0.25, 0.3) is 11.3 Å². The highest BCUT2D eigenvalue weighted by Gasteiger charge is 2.13. The molecule has 0 amide bonds. The Morgan fingerprint density at radius 3 is 2.45 bits per heavy atom. The van der Waals surface area contributed by atoms with Crippen LogP contribution in [-0.4, -0.2) is 34.0 Å². The lowest BCUT2D eigenvalue weighted by Gasteiger charge is -2.08. The number of nitrogen functional groups attached to an aromatic ring is 1. The topological polar surface area (TPSA) is 135 Å². The van der Waals surface area contributed by atoms with Crippen molar-refractivity contribution in [2.75, 3.05) is 12.0 Å². The third kappa shape index (κ3) is 5.26. The van der Waals surface area contributed by atoms with E-state index in [-0.39, 0.29) is 11.4 Å². The lowest BCUT2D eigenvalue weighted by molar-refractivity contribution is 0.490. The number of aryl methyl sites for hydroxylation is 1. The van der Waals surface area contributed by atoms with Gasteiger partial charge < -0.3 is 5.73 Å². The molecule has 2 aromatic rings. The van der Waals surface area contributed by atoms with Crippen LogP contribution in [0.2, 0.25) is 10.0 Å². The number of anilines is 1. The molecule has 0 atom stereocenters. The minimum Gasteiger partial charge on any atom is -0.382 e. The third-order valence-corrected chi connectivity index (χ3v) is 3.05. The van der Waals surface area contributed by atoms with Gasteiger partial charge in [-0.15, -0.1) is 0 Å². The van der Waals surface area contributed by atoms with Crippen LogP contribution in [0, 0.1) is 5.41 Å². The van der Waals surface area contributed by atoms with Gasteiger partial charge in [-0.2, -0.15) is 18.5 Å².